The number of hydrogen-bond donors (Lipinski definition) is 1. The summed E-state index contributed by atoms with van der Waals surface area (Å²) < 4.78 is 14.6. The molecule has 0 spiro atoms. The number of benzene rings is 1. The Morgan fingerprint density at radius 2 is 2.18 bits per heavy atom. The fourth-order valence-electron chi connectivity index (χ4n) is 1.69. The van der Waals surface area contributed by atoms with Gasteiger partial charge >= 0.3 is 0 Å². The van der Waals surface area contributed by atoms with Gasteiger partial charge in [-0.15, -0.1) is 0 Å². The van der Waals surface area contributed by atoms with E-state index in [9.17, 15) is 9.18 Å². The van der Waals surface area contributed by atoms with Crippen molar-refractivity contribution in [2.45, 2.75) is 0 Å². The van der Waals surface area contributed by atoms with Gasteiger partial charge < -0.3 is 4.98 Å². The molecule has 0 saturated carbocycles. The van der Waals surface area contributed by atoms with E-state index in [1.54, 1.807) is 12.1 Å². The van der Waals surface area contributed by atoms with E-state index in [4.69, 9.17) is 0 Å². The Balaban J connectivity index is 2.35. The lowest BCUT2D eigenvalue weighted by Gasteiger charge is -2.02. The number of nitrogens with zero attached hydrogens (tertiary/aromatic N) is 3. The summed E-state index contributed by atoms with van der Waals surface area (Å²) in [5, 5.41) is 0. The van der Waals surface area contributed by atoms with E-state index >= 15 is 0 Å². The molecular weight excluding hydrogens is 223 g/mol. The second-order valence-electron chi connectivity index (χ2n) is 3.50. The average molecular weight is 230 g/mol. The van der Waals surface area contributed by atoms with E-state index in [1.165, 1.54) is 29.4 Å². The fourth-order valence-corrected chi connectivity index (χ4v) is 1.69. The molecule has 0 amide bonds. The maximum Gasteiger partial charge on any atom is 0.277 e. The number of H-pyrrole nitrogens is 1. The monoisotopic (exact) mass is 230 g/mol. The first-order chi connectivity index (χ1) is 8.25. The first-order valence-electron chi connectivity index (χ1n) is 4.92. The third kappa shape index (κ3) is 1.50. The summed E-state index contributed by atoms with van der Waals surface area (Å²) >= 11 is 0. The van der Waals surface area contributed by atoms with Crippen molar-refractivity contribution in [1.29, 1.82) is 0 Å². The minimum atomic E-state index is -0.371. The number of imidazole rings is 1. The Hall–Kier alpha value is -2.50. The highest BCUT2D eigenvalue weighted by Gasteiger charge is 2.09. The minimum Gasteiger partial charge on any atom is -0.311 e. The van der Waals surface area contributed by atoms with E-state index in [-0.39, 0.29) is 11.4 Å². The lowest BCUT2D eigenvalue weighted by atomic mass is 10.3. The zero-order chi connectivity index (χ0) is 11.8. The second kappa shape index (κ2) is 3.51. The molecule has 0 bridgehead atoms. The van der Waals surface area contributed by atoms with Gasteiger partial charge in [-0.3, -0.25) is 9.36 Å². The summed E-state index contributed by atoms with van der Waals surface area (Å²) in [6.45, 7) is 0. The van der Waals surface area contributed by atoms with Crippen LogP contribution in [0.15, 0.2) is 41.7 Å². The summed E-state index contributed by atoms with van der Waals surface area (Å²) in [6, 6.07) is 5.93. The molecule has 0 aliphatic heterocycles. The van der Waals surface area contributed by atoms with Gasteiger partial charge in [-0.2, -0.15) is 0 Å². The summed E-state index contributed by atoms with van der Waals surface area (Å²) in [7, 11) is 0. The quantitative estimate of drug-likeness (QED) is 0.684. The summed E-state index contributed by atoms with van der Waals surface area (Å²) in [5.41, 5.74) is 0.860. The van der Waals surface area contributed by atoms with Crippen LogP contribution in [0.25, 0.3) is 16.9 Å². The standard InChI is InChI=1S/C11H7FN4O/c12-7-2-1-3-8(4-7)16-6-15-10-9(16)11(17)14-5-13-10/h1-6H,(H,13,14,17). The molecule has 5 nitrogen and oxygen atoms in total. The molecule has 0 radical (unpaired) electrons. The molecule has 1 aromatic carbocycles. The van der Waals surface area contributed by atoms with Gasteiger partial charge in [0.2, 0.25) is 0 Å². The van der Waals surface area contributed by atoms with Crippen LogP contribution in [-0.4, -0.2) is 19.5 Å². The molecule has 3 rings (SSSR count). The Labute approximate surface area is 94.6 Å². The molecule has 2 heterocycles. The maximum absolute atomic E-state index is 13.1. The molecule has 84 valence electrons. The zero-order valence-electron chi connectivity index (χ0n) is 8.59. The van der Waals surface area contributed by atoms with Gasteiger partial charge in [0.1, 0.15) is 12.1 Å². The first kappa shape index (κ1) is 9.71. The Bertz CT molecular complexity index is 746. The van der Waals surface area contributed by atoms with Gasteiger partial charge in [0.05, 0.1) is 12.0 Å². The van der Waals surface area contributed by atoms with Crippen molar-refractivity contribution >= 4 is 11.2 Å². The van der Waals surface area contributed by atoms with E-state index in [0.717, 1.165) is 0 Å². The van der Waals surface area contributed by atoms with Crippen LogP contribution in [-0.2, 0) is 0 Å². The normalized spacial score (nSPS) is 10.9. The van der Waals surface area contributed by atoms with Crippen LogP contribution in [0.2, 0.25) is 0 Å². The van der Waals surface area contributed by atoms with Crippen LogP contribution in [0, 0.1) is 5.82 Å². The SMILES string of the molecule is O=c1[nH]cnc2ncn(-c3cccc(F)c3)c12. The van der Waals surface area contributed by atoms with Crippen LogP contribution in [0.5, 0.6) is 0 Å². The van der Waals surface area contributed by atoms with Gasteiger partial charge in [0.15, 0.2) is 11.2 Å². The molecular formula is C11H7FN4O. The summed E-state index contributed by atoms with van der Waals surface area (Å²) in [4.78, 5) is 22.1. The number of hydrogen-bond acceptors (Lipinski definition) is 3. The number of aromatic amines is 1. The highest BCUT2D eigenvalue weighted by atomic mass is 19.1. The largest absolute Gasteiger partial charge is 0.311 e. The molecule has 0 fully saturated rings. The summed E-state index contributed by atoms with van der Waals surface area (Å²) in [5.74, 6) is -0.371. The van der Waals surface area contributed by atoms with Crippen LogP contribution in [0.1, 0.15) is 0 Å². The smallest absolute Gasteiger partial charge is 0.277 e. The number of rotatable bonds is 1. The average Bonchev–Trinajstić information content (AvgIpc) is 2.74. The Kier molecular flexibility index (Phi) is 2.01. The summed E-state index contributed by atoms with van der Waals surface area (Å²) in [6.07, 6.45) is 2.73. The third-order valence-corrected chi connectivity index (χ3v) is 2.43. The van der Waals surface area contributed by atoms with Gasteiger partial charge in [-0.05, 0) is 18.2 Å². The molecule has 0 unspecified atom stereocenters. The predicted molar refractivity (Wildman–Crippen MR) is 59.4 cm³/mol. The zero-order valence-corrected chi connectivity index (χ0v) is 8.59. The van der Waals surface area contributed by atoms with Gasteiger partial charge in [0.25, 0.3) is 5.56 Å². The van der Waals surface area contributed by atoms with E-state index in [2.05, 4.69) is 15.0 Å². The molecule has 17 heavy (non-hydrogen) atoms. The molecule has 0 aliphatic carbocycles. The predicted octanol–water partition coefficient (Wildman–Crippen LogP) is 1.25. The van der Waals surface area contributed by atoms with Crippen molar-refractivity contribution in [3.63, 3.8) is 0 Å². The molecule has 3 aromatic rings. The highest BCUT2D eigenvalue weighted by Crippen LogP contribution is 2.13. The van der Waals surface area contributed by atoms with Gasteiger partial charge in [0, 0.05) is 0 Å². The Morgan fingerprint density at radius 3 is 3.00 bits per heavy atom. The molecule has 0 saturated heterocycles. The van der Waals surface area contributed by atoms with Crippen LogP contribution >= 0.6 is 0 Å². The van der Waals surface area contributed by atoms with Crippen molar-refractivity contribution in [2.24, 2.45) is 0 Å². The number of aromatic nitrogens is 4. The number of halogens is 1. The van der Waals surface area contributed by atoms with Crippen molar-refractivity contribution in [3.05, 3.63) is 53.1 Å². The van der Waals surface area contributed by atoms with Crippen LogP contribution < -0.4 is 5.56 Å². The Morgan fingerprint density at radius 1 is 1.29 bits per heavy atom. The van der Waals surface area contributed by atoms with Crippen molar-refractivity contribution in [1.82, 2.24) is 19.5 Å². The van der Waals surface area contributed by atoms with Crippen LogP contribution in [0.3, 0.4) is 0 Å². The van der Waals surface area contributed by atoms with Gasteiger partial charge in [-0.25, -0.2) is 14.4 Å². The molecule has 2 aromatic heterocycles. The van der Waals surface area contributed by atoms with E-state index < -0.39 is 0 Å². The van der Waals surface area contributed by atoms with Crippen LogP contribution in [0.4, 0.5) is 4.39 Å². The molecule has 0 aliphatic rings. The topological polar surface area (TPSA) is 63.6 Å². The minimum absolute atomic E-state index is 0.304. The molecule has 6 heteroatoms. The lowest BCUT2D eigenvalue weighted by molar-refractivity contribution is 0.627. The van der Waals surface area contributed by atoms with E-state index in [0.29, 0.717) is 16.9 Å². The number of fused-ring (bicyclic) bond motifs is 1. The van der Waals surface area contributed by atoms with Crippen molar-refractivity contribution < 1.29 is 4.39 Å². The highest BCUT2D eigenvalue weighted by molar-refractivity contribution is 5.71. The molecule has 0 atom stereocenters. The molecule has 1 N–H and O–H groups in total. The maximum atomic E-state index is 13.1. The van der Waals surface area contributed by atoms with Crippen molar-refractivity contribution in [2.75, 3.05) is 0 Å². The van der Waals surface area contributed by atoms with Gasteiger partial charge in [-0.1, -0.05) is 6.07 Å². The lowest BCUT2D eigenvalue weighted by Crippen LogP contribution is -2.10. The van der Waals surface area contributed by atoms with E-state index in [1.807, 2.05) is 0 Å². The first-order valence-corrected chi connectivity index (χ1v) is 4.92. The number of nitrogens with one attached hydrogen (secondary N) is 1. The second-order valence-corrected chi connectivity index (χ2v) is 3.50. The fraction of sp³-hybridized carbons (Fsp3) is 0. The van der Waals surface area contributed by atoms with Crippen molar-refractivity contribution in [3.8, 4) is 5.69 Å². The third-order valence-electron chi connectivity index (χ3n) is 2.43.